The van der Waals surface area contributed by atoms with E-state index in [4.69, 9.17) is 5.73 Å². The molecule has 2 nitrogen and oxygen atoms in total. The third-order valence-electron chi connectivity index (χ3n) is 5.54. The Kier molecular flexibility index (Phi) is 4.02. The van der Waals surface area contributed by atoms with E-state index in [9.17, 15) is 0 Å². The molecular weight excluding hydrogens is 244 g/mol. The molecule has 0 saturated heterocycles. The zero-order chi connectivity index (χ0) is 14.1. The fourth-order valence-electron chi connectivity index (χ4n) is 4.07. The number of benzene rings is 1. The number of nitrogen functional groups attached to an aromatic ring is 1. The second-order valence-corrected chi connectivity index (χ2v) is 7.02. The summed E-state index contributed by atoms with van der Waals surface area (Å²) < 4.78 is 0. The first kappa shape index (κ1) is 13.9. The number of anilines is 1. The summed E-state index contributed by atoms with van der Waals surface area (Å²) in [6.07, 6.45) is 6.76. The van der Waals surface area contributed by atoms with Crippen LogP contribution in [0.15, 0.2) is 18.2 Å². The fraction of sp³-hybridized carbons (Fsp3) is 0.667. The number of fused-ring (bicyclic) bond motifs is 1. The molecule has 0 amide bonds. The second kappa shape index (κ2) is 5.77. The number of hydrogen-bond acceptors (Lipinski definition) is 2. The molecule has 3 rings (SSSR count). The van der Waals surface area contributed by atoms with Crippen molar-refractivity contribution < 1.29 is 0 Å². The lowest BCUT2D eigenvalue weighted by Crippen LogP contribution is -2.41. The number of nitrogens with two attached hydrogens (primary N) is 1. The molecule has 20 heavy (non-hydrogen) atoms. The van der Waals surface area contributed by atoms with E-state index in [-0.39, 0.29) is 0 Å². The summed E-state index contributed by atoms with van der Waals surface area (Å²) in [6.45, 7) is 7.04. The maximum absolute atomic E-state index is 6.17. The molecule has 1 aliphatic heterocycles. The third-order valence-corrected chi connectivity index (χ3v) is 5.54. The van der Waals surface area contributed by atoms with E-state index >= 15 is 0 Å². The molecule has 1 heterocycles. The zero-order valence-electron chi connectivity index (χ0n) is 12.9. The van der Waals surface area contributed by atoms with Gasteiger partial charge in [-0.25, -0.2) is 0 Å². The highest BCUT2D eigenvalue weighted by atomic mass is 15.2. The van der Waals surface area contributed by atoms with Crippen molar-refractivity contribution in [3.05, 3.63) is 29.3 Å². The molecule has 0 radical (unpaired) electrons. The highest BCUT2D eigenvalue weighted by Gasteiger charge is 2.29. The van der Waals surface area contributed by atoms with E-state index in [0.717, 1.165) is 30.1 Å². The zero-order valence-corrected chi connectivity index (χ0v) is 12.9. The van der Waals surface area contributed by atoms with Gasteiger partial charge in [0.1, 0.15) is 0 Å². The van der Waals surface area contributed by atoms with Gasteiger partial charge < -0.3 is 5.73 Å². The van der Waals surface area contributed by atoms with Gasteiger partial charge in [-0.1, -0.05) is 26.0 Å². The monoisotopic (exact) mass is 272 g/mol. The minimum absolute atomic E-state index is 0.790. The van der Waals surface area contributed by atoms with Gasteiger partial charge in [0.2, 0.25) is 0 Å². The second-order valence-electron chi connectivity index (χ2n) is 7.02. The van der Waals surface area contributed by atoms with E-state index < -0.39 is 0 Å². The van der Waals surface area contributed by atoms with Crippen LogP contribution in [0.4, 0.5) is 5.69 Å². The molecular formula is C18H28N2. The molecule has 1 aromatic carbocycles. The molecule has 0 unspecified atom stereocenters. The smallest absolute Gasteiger partial charge is 0.0362 e. The first-order valence-corrected chi connectivity index (χ1v) is 8.25. The van der Waals surface area contributed by atoms with Crippen LogP contribution in [0.1, 0.15) is 50.7 Å². The van der Waals surface area contributed by atoms with E-state index in [0.29, 0.717) is 0 Å². The van der Waals surface area contributed by atoms with E-state index in [1.807, 2.05) is 0 Å². The Balaban J connectivity index is 1.65. The highest BCUT2D eigenvalue weighted by Crippen LogP contribution is 2.34. The Hall–Kier alpha value is -1.02. The predicted molar refractivity (Wildman–Crippen MR) is 85.6 cm³/mol. The minimum Gasteiger partial charge on any atom is -0.398 e. The van der Waals surface area contributed by atoms with Crippen LogP contribution in [0.2, 0.25) is 0 Å². The lowest BCUT2D eigenvalue weighted by molar-refractivity contribution is 0.112. The topological polar surface area (TPSA) is 29.3 Å². The number of nitrogens with zero attached hydrogens (tertiary/aromatic N) is 1. The van der Waals surface area contributed by atoms with Crippen molar-refractivity contribution in [1.29, 1.82) is 0 Å². The average molecular weight is 272 g/mol. The van der Waals surface area contributed by atoms with Crippen molar-refractivity contribution in [2.24, 2.45) is 11.8 Å². The summed E-state index contributed by atoms with van der Waals surface area (Å²) in [5.74, 6) is 1.81. The molecule has 0 spiro atoms. The molecule has 0 aromatic heterocycles. The summed E-state index contributed by atoms with van der Waals surface area (Å²) in [4.78, 5) is 2.69. The first-order chi connectivity index (χ1) is 9.65. The SMILES string of the molecule is CC(C)C1CCC(N2CCc3cccc(N)c3C2)CC1. The largest absolute Gasteiger partial charge is 0.398 e. The quantitative estimate of drug-likeness (QED) is 0.829. The third kappa shape index (κ3) is 2.71. The Morgan fingerprint density at radius 2 is 1.90 bits per heavy atom. The average Bonchev–Trinajstić information content (AvgIpc) is 2.47. The number of hydrogen-bond donors (Lipinski definition) is 1. The molecule has 1 aromatic rings. The molecule has 2 aliphatic rings. The van der Waals surface area contributed by atoms with Gasteiger partial charge in [0.25, 0.3) is 0 Å². The van der Waals surface area contributed by atoms with Crippen LogP contribution in [-0.2, 0) is 13.0 Å². The normalized spacial score (nSPS) is 27.6. The standard InChI is InChI=1S/C18H28N2/c1-13(2)14-6-8-16(9-7-14)20-11-10-15-4-3-5-18(19)17(15)12-20/h3-5,13-14,16H,6-12,19H2,1-2H3. The van der Waals surface area contributed by atoms with Crippen LogP contribution in [0.3, 0.4) is 0 Å². The molecule has 1 fully saturated rings. The summed E-state index contributed by atoms with van der Waals surface area (Å²) in [5, 5.41) is 0. The molecule has 0 atom stereocenters. The Morgan fingerprint density at radius 1 is 1.15 bits per heavy atom. The first-order valence-electron chi connectivity index (χ1n) is 8.25. The molecule has 110 valence electrons. The Labute approximate surface area is 123 Å². The van der Waals surface area contributed by atoms with E-state index in [2.05, 4.69) is 36.9 Å². The lowest BCUT2D eigenvalue weighted by Gasteiger charge is -2.40. The van der Waals surface area contributed by atoms with Crippen LogP contribution in [0.25, 0.3) is 0 Å². The van der Waals surface area contributed by atoms with Gasteiger partial charge in [0, 0.05) is 24.8 Å². The van der Waals surface area contributed by atoms with Gasteiger partial charge in [-0.05, 0) is 61.1 Å². The van der Waals surface area contributed by atoms with Gasteiger partial charge in [0.05, 0.1) is 0 Å². The van der Waals surface area contributed by atoms with Crippen LogP contribution in [0.5, 0.6) is 0 Å². The predicted octanol–water partition coefficient (Wildman–Crippen LogP) is 3.84. The van der Waals surface area contributed by atoms with Crippen molar-refractivity contribution in [2.75, 3.05) is 12.3 Å². The Bertz CT molecular complexity index is 458. The Morgan fingerprint density at radius 3 is 2.60 bits per heavy atom. The summed E-state index contributed by atoms with van der Waals surface area (Å²) >= 11 is 0. The van der Waals surface area contributed by atoms with Crippen molar-refractivity contribution in [2.45, 2.75) is 58.5 Å². The summed E-state index contributed by atoms with van der Waals surface area (Å²) in [6, 6.07) is 7.19. The molecule has 2 heteroatoms. The lowest BCUT2D eigenvalue weighted by atomic mass is 9.79. The van der Waals surface area contributed by atoms with Crippen LogP contribution in [0, 0.1) is 11.8 Å². The molecule has 0 bridgehead atoms. The van der Waals surface area contributed by atoms with Gasteiger partial charge in [-0.3, -0.25) is 4.90 Å². The van der Waals surface area contributed by atoms with Gasteiger partial charge in [0.15, 0.2) is 0 Å². The van der Waals surface area contributed by atoms with E-state index in [1.54, 1.807) is 0 Å². The van der Waals surface area contributed by atoms with Gasteiger partial charge in [-0.2, -0.15) is 0 Å². The van der Waals surface area contributed by atoms with E-state index in [1.165, 1.54) is 49.8 Å². The van der Waals surface area contributed by atoms with Crippen molar-refractivity contribution in [1.82, 2.24) is 4.90 Å². The van der Waals surface area contributed by atoms with Crippen LogP contribution >= 0.6 is 0 Å². The maximum atomic E-state index is 6.17. The highest BCUT2D eigenvalue weighted by molar-refractivity contribution is 5.51. The molecule has 1 saturated carbocycles. The van der Waals surface area contributed by atoms with Crippen molar-refractivity contribution in [3.8, 4) is 0 Å². The number of rotatable bonds is 2. The van der Waals surface area contributed by atoms with Crippen LogP contribution in [-0.4, -0.2) is 17.5 Å². The van der Waals surface area contributed by atoms with Gasteiger partial charge in [-0.15, -0.1) is 0 Å². The molecule has 1 aliphatic carbocycles. The minimum atomic E-state index is 0.790. The molecule has 2 N–H and O–H groups in total. The fourth-order valence-corrected chi connectivity index (χ4v) is 4.07. The summed E-state index contributed by atoms with van der Waals surface area (Å²) in [5.41, 5.74) is 10.0. The van der Waals surface area contributed by atoms with Crippen molar-refractivity contribution >= 4 is 5.69 Å². The van der Waals surface area contributed by atoms with Crippen LogP contribution < -0.4 is 5.73 Å². The summed E-state index contributed by atoms with van der Waals surface area (Å²) in [7, 11) is 0. The van der Waals surface area contributed by atoms with Crippen molar-refractivity contribution in [3.63, 3.8) is 0 Å². The van der Waals surface area contributed by atoms with Gasteiger partial charge >= 0.3 is 0 Å². The maximum Gasteiger partial charge on any atom is 0.0362 e.